The Hall–Kier alpha value is -2.06. The quantitative estimate of drug-likeness (QED) is 0.723. The molecule has 1 atom stereocenters. The van der Waals surface area contributed by atoms with Gasteiger partial charge >= 0.3 is 6.09 Å². The number of fused-ring (bicyclic) bond motifs is 1. The van der Waals surface area contributed by atoms with Gasteiger partial charge in [-0.15, -0.1) is 0 Å². The van der Waals surface area contributed by atoms with Crippen LogP contribution in [0, 0.1) is 5.92 Å². The van der Waals surface area contributed by atoms with E-state index in [9.17, 15) is 4.79 Å². The largest absolute Gasteiger partial charge is 0.489 e. The summed E-state index contributed by atoms with van der Waals surface area (Å²) in [7, 11) is 0. The molecule has 1 aromatic rings. The number of rotatable bonds is 6. The first-order valence-electron chi connectivity index (χ1n) is 12.4. The lowest BCUT2D eigenvalue weighted by Crippen LogP contribution is -2.47. The van der Waals surface area contributed by atoms with Gasteiger partial charge in [0.25, 0.3) is 0 Å². The summed E-state index contributed by atoms with van der Waals surface area (Å²) >= 11 is 0. The van der Waals surface area contributed by atoms with Crippen LogP contribution in [0.1, 0.15) is 44.1 Å². The predicted octanol–water partition coefficient (Wildman–Crippen LogP) is 2.60. The van der Waals surface area contributed by atoms with Crippen LogP contribution in [0.15, 0.2) is 12.3 Å². The van der Waals surface area contributed by atoms with Crippen LogP contribution in [0.5, 0.6) is 5.75 Å². The third-order valence-electron chi connectivity index (χ3n) is 7.44. The molecular formula is C24H36N4O4. The normalized spacial score (nSPS) is 28.2. The highest BCUT2D eigenvalue weighted by molar-refractivity contribution is 5.67. The Labute approximate surface area is 190 Å². The van der Waals surface area contributed by atoms with Gasteiger partial charge in [-0.05, 0) is 50.6 Å². The maximum atomic E-state index is 12.1. The van der Waals surface area contributed by atoms with Crippen molar-refractivity contribution in [3.8, 4) is 5.75 Å². The third kappa shape index (κ3) is 5.29. The van der Waals surface area contributed by atoms with Gasteiger partial charge in [-0.1, -0.05) is 0 Å². The van der Waals surface area contributed by atoms with Crippen molar-refractivity contribution in [2.45, 2.75) is 57.1 Å². The van der Waals surface area contributed by atoms with Crippen molar-refractivity contribution >= 4 is 11.9 Å². The van der Waals surface area contributed by atoms with Crippen molar-refractivity contribution in [3.05, 3.63) is 17.8 Å². The van der Waals surface area contributed by atoms with E-state index in [1.54, 1.807) is 0 Å². The lowest BCUT2D eigenvalue weighted by Gasteiger charge is -2.37. The number of nitrogens with zero attached hydrogens (tertiary/aromatic N) is 3. The van der Waals surface area contributed by atoms with Crippen LogP contribution >= 0.6 is 0 Å². The van der Waals surface area contributed by atoms with Crippen LogP contribution in [-0.2, 0) is 15.9 Å². The summed E-state index contributed by atoms with van der Waals surface area (Å²) < 4.78 is 16.5. The van der Waals surface area contributed by atoms with Crippen LogP contribution in [0.25, 0.3) is 0 Å². The molecule has 1 aliphatic carbocycles. The highest BCUT2D eigenvalue weighted by Gasteiger charge is 2.27. The molecule has 8 heteroatoms. The number of piperazine rings is 1. The van der Waals surface area contributed by atoms with Crippen LogP contribution in [0.4, 0.5) is 10.6 Å². The first kappa shape index (κ1) is 21.8. The molecular weight excluding hydrogens is 408 g/mol. The van der Waals surface area contributed by atoms with Crippen molar-refractivity contribution in [1.29, 1.82) is 0 Å². The number of hydrogen-bond acceptors (Lipinski definition) is 7. The zero-order valence-corrected chi connectivity index (χ0v) is 19.0. The maximum Gasteiger partial charge on any atom is 0.407 e. The summed E-state index contributed by atoms with van der Waals surface area (Å²) in [6, 6.07) is 2.34. The Kier molecular flexibility index (Phi) is 6.97. The molecule has 1 amide bonds. The number of pyridine rings is 1. The number of amides is 1. The molecule has 0 aromatic carbocycles. The Morgan fingerprint density at radius 1 is 1.12 bits per heavy atom. The molecule has 5 rings (SSSR count). The second kappa shape index (κ2) is 10.3. The van der Waals surface area contributed by atoms with E-state index in [2.05, 4.69) is 26.2 Å². The number of ether oxygens (including phenoxy) is 3. The minimum atomic E-state index is -0.272. The molecule has 1 aromatic heterocycles. The van der Waals surface area contributed by atoms with E-state index in [0.717, 1.165) is 82.5 Å². The minimum Gasteiger partial charge on any atom is -0.489 e. The Balaban J connectivity index is 0.988. The van der Waals surface area contributed by atoms with Gasteiger partial charge in [0.2, 0.25) is 0 Å². The number of anilines is 1. The molecule has 1 saturated carbocycles. The smallest absolute Gasteiger partial charge is 0.407 e. The zero-order valence-electron chi connectivity index (χ0n) is 19.0. The van der Waals surface area contributed by atoms with Crippen molar-refractivity contribution in [1.82, 2.24) is 15.2 Å². The number of nitrogens with one attached hydrogen (secondary N) is 1. The summed E-state index contributed by atoms with van der Waals surface area (Å²) in [6.45, 7) is 7.36. The summed E-state index contributed by atoms with van der Waals surface area (Å²) in [5, 5.41) is 3.06. The van der Waals surface area contributed by atoms with E-state index in [1.165, 1.54) is 24.8 Å². The van der Waals surface area contributed by atoms with Gasteiger partial charge in [0.15, 0.2) is 11.6 Å². The summed E-state index contributed by atoms with van der Waals surface area (Å²) in [5.74, 6) is 2.80. The molecule has 0 bridgehead atoms. The van der Waals surface area contributed by atoms with E-state index < -0.39 is 0 Å². The van der Waals surface area contributed by atoms with Gasteiger partial charge < -0.3 is 24.4 Å². The molecule has 3 aliphatic heterocycles. The van der Waals surface area contributed by atoms with Gasteiger partial charge in [-0.2, -0.15) is 0 Å². The zero-order chi connectivity index (χ0) is 21.8. The third-order valence-corrected chi connectivity index (χ3v) is 7.44. The summed E-state index contributed by atoms with van der Waals surface area (Å²) in [5.41, 5.74) is 1.29. The number of alkyl carbamates (subject to hydrolysis) is 1. The van der Waals surface area contributed by atoms with E-state index in [1.807, 2.05) is 6.20 Å². The molecule has 1 unspecified atom stereocenters. The summed E-state index contributed by atoms with van der Waals surface area (Å²) in [4.78, 5) is 21.6. The molecule has 0 radical (unpaired) electrons. The Morgan fingerprint density at radius 2 is 1.97 bits per heavy atom. The van der Waals surface area contributed by atoms with Crippen molar-refractivity contribution in [2.24, 2.45) is 5.92 Å². The Morgan fingerprint density at radius 3 is 2.75 bits per heavy atom. The fourth-order valence-electron chi connectivity index (χ4n) is 5.42. The van der Waals surface area contributed by atoms with Crippen LogP contribution in [-0.4, -0.2) is 80.7 Å². The molecule has 0 spiro atoms. The number of carbonyl (C=O) groups excluding carboxylic acids is 1. The van der Waals surface area contributed by atoms with E-state index in [0.29, 0.717) is 13.2 Å². The number of aromatic nitrogens is 1. The highest BCUT2D eigenvalue weighted by Crippen LogP contribution is 2.34. The first-order valence-corrected chi connectivity index (χ1v) is 12.4. The molecule has 8 nitrogen and oxygen atoms in total. The molecule has 176 valence electrons. The fourth-order valence-corrected chi connectivity index (χ4v) is 5.42. The maximum absolute atomic E-state index is 12.1. The topological polar surface area (TPSA) is 76.2 Å². The number of carbonyl (C=O) groups is 1. The van der Waals surface area contributed by atoms with Crippen LogP contribution in [0.2, 0.25) is 0 Å². The predicted molar refractivity (Wildman–Crippen MR) is 121 cm³/mol. The van der Waals surface area contributed by atoms with Crippen LogP contribution in [0.3, 0.4) is 0 Å². The average molecular weight is 445 g/mol. The minimum absolute atomic E-state index is 0.0714. The second-order valence-electron chi connectivity index (χ2n) is 9.59. The molecule has 3 fully saturated rings. The van der Waals surface area contributed by atoms with Gasteiger partial charge in [0, 0.05) is 56.8 Å². The van der Waals surface area contributed by atoms with Crippen molar-refractivity contribution in [2.75, 3.05) is 57.4 Å². The highest BCUT2D eigenvalue weighted by atomic mass is 16.6. The lowest BCUT2D eigenvalue weighted by molar-refractivity contribution is 0.0785. The van der Waals surface area contributed by atoms with Crippen molar-refractivity contribution in [3.63, 3.8) is 0 Å². The average Bonchev–Trinajstić information content (AvgIpc) is 3.51. The summed E-state index contributed by atoms with van der Waals surface area (Å²) in [6.07, 6.45) is 9.12. The van der Waals surface area contributed by atoms with Crippen LogP contribution < -0.4 is 15.0 Å². The standard InChI is InChI=1S/C24H36N4O4/c29-24(32-21-8-15-30-17-21)26-20-3-1-18(2-4-20)6-10-27-11-13-28(14-12-27)23-22-19(5-9-25-23)7-16-31-22/h5,9,18,20-21H,1-4,6-8,10-17H2,(H,26,29)/t18-,20-,21?. The molecule has 4 heterocycles. The molecule has 1 N–H and O–H groups in total. The lowest BCUT2D eigenvalue weighted by atomic mass is 9.84. The second-order valence-corrected chi connectivity index (χ2v) is 9.59. The first-order chi connectivity index (χ1) is 15.7. The van der Waals surface area contributed by atoms with E-state index in [4.69, 9.17) is 14.2 Å². The van der Waals surface area contributed by atoms with E-state index in [-0.39, 0.29) is 18.2 Å². The SMILES string of the molecule is O=C(N[C@H]1CC[C@H](CCN2CCN(c3nccc4c3OCC4)CC2)CC1)OC1CCOC1. The van der Waals surface area contributed by atoms with Gasteiger partial charge in [-0.25, -0.2) is 9.78 Å². The number of hydrogen-bond donors (Lipinski definition) is 1. The molecule has 32 heavy (non-hydrogen) atoms. The molecule has 4 aliphatic rings. The van der Waals surface area contributed by atoms with Gasteiger partial charge in [0.05, 0.1) is 19.8 Å². The van der Waals surface area contributed by atoms with Gasteiger partial charge in [0.1, 0.15) is 6.10 Å². The fraction of sp³-hybridized carbons (Fsp3) is 0.750. The Bertz CT molecular complexity index is 769. The monoisotopic (exact) mass is 444 g/mol. The van der Waals surface area contributed by atoms with E-state index >= 15 is 0 Å². The van der Waals surface area contributed by atoms with Crippen molar-refractivity contribution < 1.29 is 19.0 Å². The molecule has 2 saturated heterocycles. The van der Waals surface area contributed by atoms with Gasteiger partial charge in [-0.3, -0.25) is 4.90 Å².